The van der Waals surface area contributed by atoms with Gasteiger partial charge in [-0.15, -0.1) is 0 Å². The van der Waals surface area contributed by atoms with Crippen LogP contribution in [0.3, 0.4) is 0 Å². The molecule has 0 fully saturated rings. The van der Waals surface area contributed by atoms with Gasteiger partial charge in [0.25, 0.3) is 0 Å². The van der Waals surface area contributed by atoms with E-state index in [4.69, 9.17) is 16.3 Å². The maximum Gasteiger partial charge on any atom is 0.417 e. The topological polar surface area (TPSA) is 82.3 Å². The van der Waals surface area contributed by atoms with Crippen molar-refractivity contribution in [2.75, 3.05) is 12.4 Å². The normalized spacial score (nSPS) is 15.5. The summed E-state index contributed by atoms with van der Waals surface area (Å²) in [4.78, 5) is 24.7. The van der Waals surface area contributed by atoms with E-state index in [1.54, 1.807) is 18.2 Å². The first kappa shape index (κ1) is 30.1. The van der Waals surface area contributed by atoms with Crippen LogP contribution < -0.4 is 10.0 Å². The average molecular weight is 609 g/mol. The van der Waals surface area contributed by atoms with E-state index in [1.165, 1.54) is 25.3 Å². The highest BCUT2D eigenvalue weighted by Gasteiger charge is 2.34. The predicted octanol–water partition coefficient (Wildman–Crippen LogP) is 7.69. The average Bonchev–Trinajstić information content (AvgIpc) is 2.96. The molecule has 43 heavy (non-hydrogen) atoms. The lowest BCUT2D eigenvalue weighted by molar-refractivity contribution is -0.614. The Morgan fingerprint density at radius 2 is 1.84 bits per heavy atom. The van der Waals surface area contributed by atoms with Crippen molar-refractivity contribution in [3.05, 3.63) is 112 Å². The number of methoxy groups -OCH3 is 1. The highest BCUT2D eigenvalue weighted by atomic mass is 35.5. The Bertz CT molecular complexity index is 1690. The molecule has 2 bridgehead atoms. The van der Waals surface area contributed by atoms with Gasteiger partial charge in [-0.05, 0) is 59.9 Å². The number of fused-ring (bicyclic) bond motifs is 4. The molecule has 3 aromatic carbocycles. The molecule has 0 saturated carbocycles. The number of anilines is 1. The second-order valence-corrected chi connectivity index (χ2v) is 10.9. The van der Waals surface area contributed by atoms with Crippen molar-refractivity contribution >= 4 is 29.2 Å². The molecule has 1 atom stereocenters. The first-order valence-electron chi connectivity index (χ1n) is 13.7. The quantitative estimate of drug-likeness (QED) is 0.146. The standard InChI is InChI=1S/C33H28ClF3N2O4/c1-43-32(41)16-20-9-12-25-21-5-4-6-22(17-21)26(7-2-3-8-31(40)38-29(25)15-20)30-14-10-23(19-39(30)42)27-18-24(34)11-13-28(27)33(35,36)37/h4-6,9-15,17-19,26H,2-3,7-8,16H2,1H3,(H,38,40). The highest BCUT2D eigenvalue weighted by molar-refractivity contribution is 6.30. The molecule has 5 rings (SSSR count). The Hall–Kier alpha value is -4.37. The molecule has 6 nitrogen and oxygen atoms in total. The Kier molecular flexibility index (Phi) is 8.73. The zero-order valence-corrected chi connectivity index (χ0v) is 24.0. The van der Waals surface area contributed by atoms with Gasteiger partial charge in [0.15, 0.2) is 11.9 Å². The van der Waals surface area contributed by atoms with Gasteiger partial charge in [0.05, 0.1) is 25.0 Å². The Labute approximate surface area is 251 Å². The summed E-state index contributed by atoms with van der Waals surface area (Å²) in [5, 5.41) is 16.5. The molecule has 0 saturated heterocycles. The fourth-order valence-electron chi connectivity index (χ4n) is 5.47. The fraction of sp³-hybridized carbons (Fsp3) is 0.242. The van der Waals surface area contributed by atoms with Crippen molar-refractivity contribution in [3.63, 3.8) is 0 Å². The van der Waals surface area contributed by atoms with Gasteiger partial charge >= 0.3 is 12.1 Å². The van der Waals surface area contributed by atoms with Crippen molar-refractivity contribution in [2.45, 2.75) is 44.2 Å². The molecule has 1 unspecified atom stereocenters. The van der Waals surface area contributed by atoms with Gasteiger partial charge in [-0.1, -0.05) is 54.4 Å². The van der Waals surface area contributed by atoms with Gasteiger partial charge < -0.3 is 15.3 Å². The summed E-state index contributed by atoms with van der Waals surface area (Å²) in [5.41, 5.74) is 3.07. The number of hydrogen-bond donors (Lipinski definition) is 1. The molecular formula is C33H28ClF3N2O4. The number of carbonyl (C=O) groups is 2. The number of nitrogens with one attached hydrogen (secondary N) is 1. The number of halogens is 4. The van der Waals surface area contributed by atoms with Gasteiger partial charge in [-0.25, -0.2) is 0 Å². The Morgan fingerprint density at radius 1 is 1.02 bits per heavy atom. The predicted molar refractivity (Wildman–Crippen MR) is 157 cm³/mol. The van der Waals surface area contributed by atoms with Gasteiger partial charge in [-0.2, -0.15) is 17.9 Å². The number of esters is 1. The van der Waals surface area contributed by atoms with Crippen LogP contribution in [0.5, 0.6) is 0 Å². The first-order valence-corrected chi connectivity index (χ1v) is 14.1. The number of ether oxygens (including phenoxy) is 1. The minimum atomic E-state index is -4.62. The second-order valence-electron chi connectivity index (χ2n) is 10.5. The van der Waals surface area contributed by atoms with Gasteiger partial charge in [0.2, 0.25) is 5.91 Å². The second kappa shape index (κ2) is 12.5. The Balaban J connectivity index is 1.56. The van der Waals surface area contributed by atoms with E-state index in [0.717, 1.165) is 29.0 Å². The number of pyridine rings is 1. The van der Waals surface area contributed by atoms with Crippen LogP contribution in [0.2, 0.25) is 5.02 Å². The summed E-state index contributed by atoms with van der Waals surface area (Å²) in [6.07, 6.45) is -1.41. The van der Waals surface area contributed by atoms with E-state index in [0.29, 0.717) is 40.9 Å². The van der Waals surface area contributed by atoms with Crippen molar-refractivity contribution in [3.8, 4) is 22.3 Å². The molecule has 0 aliphatic carbocycles. The number of rotatable bonds is 4. The number of nitrogens with zero attached hydrogens (tertiary/aromatic N) is 1. The molecule has 2 heterocycles. The van der Waals surface area contributed by atoms with Crippen LogP contribution in [0.25, 0.3) is 22.3 Å². The number of benzene rings is 3. The maximum absolute atomic E-state index is 13.7. The van der Waals surface area contributed by atoms with Crippen LogP contribution in [-0.2, 0) is 26.9 Å². The number of amides is 1. The number of carbonyl (C=O) groups excluding carboxylic acids is 2. The lowest BCUT2D eigenvalue weighted by Crippen LogP contribution is -2.33. The van der Waals surface area contributed by atoms with Crippen LogP contribution in [0.4, 0.5) is 18.9 Å². The zero-order chi connectivity index (χ0) is 30.7. The third kappa shape index (κ3) is 6.83. The molecule has 1 N–H and O–H groups in total. The van der Waals surface area contributed by atoms with Crippen molar-refractivity contribution in [1.82, 2.24) is 0 Å². The molecule has 1 aromatic heterocycles. The van der Waals surface area contributed by atoms with Crippen LogP contribution in [-0.4, -0.2) is 19.0 Å². The first-order chi connectivity index (χ1) is 20.5. The lowest BCUT2D eigenvalue weighted by Gasteiger charge is -2.21. The third-order valence-corrected chi connectivity index (χ3v) is 7.82. The van der Waals surface area contributed by atoms with Crippen molar-refractivity contribution in [2.24, 2.45) is 0 Å². The molecule has 0 radical (unpaired) electrons. The fourth-order valence-corrected chi connectivity index (χ4v) is 5.65. The van der Waals surface area contributed by atoms with Crippen molar-refractivity contribution < 1.29 is 32.2 Å². The highest BCUT2D eigenvalue weighted by Crippen LogP contribution is 2.39. The van der Waals surface area contributed by atoms with E-state index in [9.17, 15) is 28.0 Å². The van der Waals surface area contributed by atoms with E-state index < -0.39 is 17.7 Å². The molecular weight excluding hydrogens is 581 g/mol. The van der Waals surface area contributed by atoms with Crippen LogP contribution in [0.1, 0.15) is 54.0 Å². The summed E-state index contributed by atoms with van der Waals surface area (Å²) in [5.74, 6) is -0.946. The monoisotopic (exact) mass is 608 g/mol. The minimum absolute atomic E-state index is 0.0565. The minimum Gasteiger partial charge on any atom is -0.618 e. The molecule has 4 aromatic rings. The summed E-state index contributed by atoms with van der Waals surface area (Å²) < 4.78 is 46.6. The molecule has 222 valence electrons. The van der Waals surface area contributed by atoms with E-state index in [1.807, 2.05) is 30.3 Å². The smallest absolute Gasteiger partial charge is 0.417 e. The lowest BCUT2D eigenvalue weighted by atomic mass is 9.87. The summed E-state index contributed by atoms with van der Waals surface area (Å²) in [6, 6.07) is 19.4. The van der Waals surface area contributed by atoms with Crippen LogP contribution in [0, 0.1) is 5.21 Å². The van der Waals surface area contributed by atoms with Crippen LogP contribution >= 0.6 is 11.6 Å². The zero-order valence-electron chi connectivity index (χ0n) is 23.2. The van der Waals surface area contributed by atoms with Crippen molar-refractivity contribution in [1.29, 1.82) is 0 Å². The SMILES string of the molecule is COC(=O)Cc1ccc2c(c1)NC(=O)CCCCC(c1ccc(-c3cc(Cl)ccc3C(F)(F)F)c[n+]1[O-])c1cccc-2c1. The van der Waals surface area contributed by atoms with Crippen LogP contribution in [0.15, 0.2) is 79.0 Å². The number of alkyl halides is 3. The molecule has 1 aliphatic heterocycles. The largest absolute Gasteiger partial charge is 0.618 e. The van der Waals surface area contributed by atoms with Gasteiger partial charge in [0.1, 0.15) is 0 Å². The molecule has 10 heteroatoms. The van der Waals surface area contributed by atoms with Gasteiger partial charge in [-0.3, -0.25) is 9.59 Å². The number of hydrogen-bond acceptors (Lipinski definition) is 4. The summed E-state index contributed by atoms with van der Waals surface area (Å²) >= 11 is 6.02. The Morgan fingerprint density at radius 3 is 2.58 bits per heavy atom. The molecule has 1 amide bonds. The van der Waals surface area contributed by atoms with Gasteiger partial charge in [0, 0.05) is 39.9 Å². The van der Waals surface area contributed by atoms with E-state index in [2.05, 4.69) is 5.32 Å². The third-order valence-electron chi connectivity index (χ3n) is 7.58. The summed E-state index contributed by atoms with van der Waals surface area (Å²) in [6.45, 7) is 0. The summed E-state index contributed by atoms with van der Waals surface area (Å²) in [7, 11) is 1.32. The molecule has 0 spiro atoms. The molecule has 1 aliphatic rings. The number of aromatic nitrogens is 1. The maximum atomic E-state index is 13.7. The van der Waals surface area contributed by atoms with E-state index >= 15 is 0 Å². The van der Waals surface area contributed by atoms with E-state index in [-0.39, 0.29) is 40.8 Å².